The van der Waals surface area contributed by atoms with E-state index in [4.69, 9.17) is 30.7 Å². The number of nitrogens with two attached hydrogens (primary N) is 1. The van der Waals surface area contributed by atoms with Crippen molar-refractivity contribution in [2.75, 3.05) is 5.73 Å². The van der Waals surface area contributed by atoms with Crippen molar-refractivity contribution in [2.45, 2.75) is 0 Å². The standard InChI is InChI=1S/C25H13I3N6/c1-11-2-3-12(26)8-17(11)32-21-20(29)22-24(30-15-6-4-13(27)9-18(15)33-22)25-23(21)31-16-7-5-14(28)10-19(16)34-25/h2-10H,1,29H2/b32-17-. The molecule has 0 radical (unpaired) electrons. The van der Waals surface area contributed by atoms with Gasteiger partial charge < -0.3 is 5.73 Å². The molecule has 0 unspecified atom stereocenters. The maximum Gasteiger partial charge on any atom is 0.120 e. The number of hydrogen-bond donors (Lipinski definition) is 1. The third kappa shape index (κ3) is 3.77. The highest BCUT2D eigenvalue weighted by Crippen LogP contribution is 2.39. The Kier molecular flexibility index (Phi) is 5.52. The molecule has 2 heterocycles. The summed E-state index contributed by atoms with van der Waals surface area (Å²) in [4.78, 5) is 24.6. The minimum atomic E-state index is 0.424. The van der Waals surface area contributed by atoms with Gasteiger partial charge in [0.25, 0.3) is 0 Å². The van der Waals surface area contributed by atoms with Crippen LogP contribution in [0.3, 0.4) is 0 Å². The van der Waals surface area contributed by atoms with E-state index in [1.165, 1.54) is 0 Å². The maximum absolute atomic E-state index is 6.73. The van der Waals surface area contributed by atoms with Gasteiger partial charge in [-0.05, 0) is 122 Å². The normalized spacial score (nSPS) is 15.2. The SMILES string of the molecule is C=C1C=CC(I)=C/C1=N/c1c(N)c2nc3cc(I)ccc3nc2c2nc3cc(I)ccc3nc12. The van der Waals surface area contributed by atoms with Crippen molar-refractivity contribution in [3.05, 3.63) is 77.5 Å². The van der Waals surface area contributed by atoms with Gasteiger partial charge in [-0.1, -0.05) is 12.7 Å². The number of rotatable bonds is 1. The number of aromatic nitrogens is 4. The van der Waals surface area contributed by atoms with Crippen molar-refractivity contribution in [1.82, 2.24) is 19.9 Å². The highest BCUT2D eigenvalue weighted by atomic mass is 127. The summed E-state index contributed by atoms with van der Waals surface area (Å²) < 4.78 is 3.21. The van der Waals surface area contributed by atoms with Gasteiger partial charge >= 0.3 is 0 Å². The van der Waals surface area contributed by atoms with Crippen LogP contribution >= 0.6 is 67.8 Å². The van der Waals surface area contributed by atoms with E-state index in [0.29, 0.717) is 33.4 Å². The molecular weight excluding hydrogens is 765 g/mol. The monoisotopic (exact) mass is 778 g/mol. The van der Waals surface area contributed by atoms with Gasteiger partial charge in [0.15, 0.2) is 0 Å². The number of aliphatic imine (C=N–C) groups is 1. The van der Waals surface area contributed by atoms with Crippen molar-refractivity contribution < 1.29 is 0 Å². The topological polar surface area (TPSA) is 89.9 Å². The van der Waals surface area contributed by atoms with Crippen LogP contribution in [0.2, 0.25) is 0 Å². The predicted octanol–water partition coefficient (Wildman–Crippen LogP) is 7.19. The molecule has 3 aromatic carbocycles. The summed E-state index contributed by atoms with van der Waals surface area (Å²) >= 11 is 6.80. The molecule has 0 bridgehead atoms. The fraction of sp³-hybridized carbons (Fsp3) is 0. The van der Waals surface area contributed by atoms with Gasteiger partial charge in [0.2, 0.25) is 0 Å². The molecule has 0 spiro atoms. The lowest BCUT2D eigenvalue weighted by molar-refractivity contribution is 1.34. The molecule has 1 aliphatic rings. The Morgan fingerprint density at radius 1 is 0.706 bits per heavy atom. The fourth-order valence-electron chi connectivity index (χ4n) is 3.85. The lowest BCUT2D eigenvalue weighted by Gasteiger charge is -2.13. The van der Waals surface area contributed by atoms with Crippen molar-refractivity contribution >= 4 is 129 Å². The molecule has 5 aromatic rings. The van der Waals surface area contributed by atoms with Gasteiger partial charge in [-0.2, -0.15) is 0 Å². The van der Waals surface area contributed by atoms with E-state index in [0.717, 1.165) is 44.1 Å². The third-order valence-corrected chi connectivity index (χ3v) is 7.50. The number of benzene rings is 3. The second-order valence-corrected chi connectivity index (χ2v) is 11.5. The van der Waals surface area contributed by atoms with Crippen LogP contribution in [0, 0.1) is 7.14 Å². The van der Waals surface area contributed by atoms with Gasteiger partial charge in [0.05, 0.1) is 33.5 Å². The highest BCUT2D eigenvalue weighted by molar-refractivity contribution is 14.1. The number of nitrogen functional groups attached to an aromatic ring is 1. The van der Waals surface area contributed by atoms with E-state index < -0.39 is 0 Å². The minimum absolute atomic E-state index is 0.424. The number of anilines is 1. The largest absolute Gasteiger partial charge is 0.395 e. The Hall–Kier alpha value is -2.26. The first-order chi connectivity index (χ1) is 16.4. The van der Waals surface area contributed by atoms with Crippen LogP contribution < -0.4 is 5.73 Å². The lowest BCUT2D eigenvalue weighted by atomic mass is 10.1. The third-order valence-electron chi connectivity index (χ3n) is 5.49. The van der Waals surface area contributed by atoms with Crippen LogP contribution in [0.1, 0.15) is 0 Å². The molecule has 1 aliphatic carbocycles. The fourth-order valence-corrected chi connectivity index (χ4v) is 5.28. The van der Waals surface area contributed by atoms with E-state index in [2.05, 4.69) is 74.4 Å². The first-order valence-corrected chi connectivity index (χ1v) is 13.4. The molecule has 0 saturated heterocycles. The van der Waals surface area contributed by atoms with Crippen molar-refractivity contribution in [3.63, 3.8) is 0 Å². The minimum Gasteiger partial charge on any atom is -0.395 e. The van der Waals surface area contributed by atoms with Crippen molar-refractivity contribution in [1.29, 1.82) is 0 Å². The molecule has 6 nitrogen and oxygen atoms in total. The van der Waals surface area contributed by atoms with Crippen LogP contribution in [0.4, 0.5) is 11.4 Å². The molecule has 2 aromatic heterocycles. The van der Waals surface area contributed by atoms with Crippen LogP contribution in [0.25, 0.3) is 44.1 Å². The Bertz CT molecular complexity index is 1820. The summed E-state index contributed by atoms with van der Waals surface area (Å²) in [6.07, 6.45) is 5.92. The second-order valence-electron chi connectivity index (χ2n) is 7.75. The van der Waals surface area contributed by atoms with Gasteiger partial charge in [-0.3, -0.25) is 0 Å². The summed E-state index contributed by atoms with van der Waals surface area (Å²) in [6, 6.07) is 11.9. The lowest BCUT2D eigenvalue weighted by Crippen LogP contribution is -2.03. The first kappa shape index (κ1) is 22.2. The number of allylic oxidation sites excluding steroid dienone is 5. The van der Waals surface area contributed by atoms with Gasteiger partial charge in [0, 0.05) is 10.7 Å². The second kappa shape index (κ2) is 8.45. The van der Waals surface area contributed by atoms with Crippen LogP contribution in [-0.2, 0) is 0 Å². The quantitative estimate of drug-likeness (QED) is 0.0843. The molecule has 2 N–H and O–H groups in total. The van der Waals surface area contributed by atoms with E-state index in [1.807, 2.05) is 54.6 Å². The molecule has 9 heteroatoms. The van der Waals surface area contributed by atoms with E-state index in [-0.39, 0.29) is 0 Å². The summed E-state index contributed by atoms with van der Waals surface area (Å²) in [5, 5.41) is 0. The molecule has 6 rings (SSSR count). The molecule has 0 amide bonds. The van der Waals surface area contributed by atoms with Crippen molar-refractivity contribution in [3.8, 4) is 0 Å². The summed E-state index contributed by atoms with van der Waals surface area (Å²) in [5.41, 5.74) is 14.7. The van der Waals surface area contributed by atoms with Gasteiger partial charge in [0.1, 0.15) is 27.8 Å². The number of nitrogens with zero attached hydrogens (tertiary/aromatic N) is 5. The number of fused-ring (bicyclic) bond motifs is 5. The first-order valence-electron chi connectivity index (χ1n) is 10.2. The Morgan fingerprint density at radius 3 is 1.94 bits per heavy atom. The summed E-state index contributed by atoms with van der Waals surface area (Å²) in [6.45, 7) is 4.14. The van der Waals surface area contributed by atoms with E-state index >= 15 is 0 Å². The van der Waals surface area contributed by atoms with E-state index in [9.17, 15) is 0 Å². The average molecular weight is 778 g/mol. The van der Waals surface area contributed by atoms with Gasteiger partial charge in [-0.15, -0.1) is 0 Å². The zero-order chi connectivity index (χ0) is 23.6. The van der Waals surface area contributed by atoms with Crippen molar-refractivity contribution in [2.24, 2.45) is 4.99 Å². The zero-order valence-electron chi connectivity index (χ0n) is 17.4. The smallest absolute Gasteiger partial charge is 0.120 e. The van der Waals surface area contributed by atoms with Crippen LogP contribution in [0.15, 0.2) is 75.4 Å². The molecule has 0 saturated carbocycles. The van der Waals surface area contributed by atoms with E-state index in [1.54, 1.807) is 0 Å². The molecule has 34 heavy (non-hydrogen) atoms. The average Bonchev–Trinajstić information content (AvgIpc) is 2.82. The Balaban J connectivity index is 1.80. The predicted molar refractivity (Wildman–Crippen MR) is 165 cm³/mol. The van der Waals surface area contributed by atoms with Crippen LogP contribution in [-0.4, -0.2) is 25.6 Å². The number of hydrogen-bond acceptors (Lipinski definition) is 6. The molecule has 0 aliphatic heterocycles. The summed E-state index contributed by atoms with van der Waals surface area (Å²) in [5.74, 6) is 0. The molecule has 0 fully saturated rings. The molecular formula is C25H13I3N6. The van der Waals surface area contributed by atoms with Crippen LogP contribution in [0.5, 0.6) is 0 Å². The highest BCUT2D eigenvalue weighted by Gasteiger charge is 2.20. The zero-order valence-corrected chi connectivity index (χ0v) is 23.8. The number of halogens is 3. The van der Waals surface area contributed by atoms with Gasteiger partial charge in [-0.25, -0.2) is 24.9 Å². The summed E-state index contributed by atoms with van der Waals surface area (Å²) in [7, 11) is 0. The Morgan fingerprint density at radius 2 is 1.26 bits per heavy atom. The molecule has 164 valence electrons. The molecule has 0 atom stereocenters. The Labute approximate surface area is 235 Å². The maximum atomic E-state index is 6.73.